The highest BCUT2D eigenvalue weighted by molar-refractivity contribution is 5.73. The molecule has 2 aromatic carbocycles. The predicted molar refractivity (Wildman–Crippen MR) is 119 cm³/mol. The molecular weight excluding hydrogens is 392 g/mol. The highest BCUT2D eigenvalue weighted by atomic mass is 16.3. The maximum atomic E-state index is 12.5. The second kappa shape index (κ2) is 7.98. The van der Waals surface area contributed by atoms with Crippen LogP contribution in [-0.2, 0) is 6.54 Å². The number of imidazole rings is 1. The maximum absolute atomic E-state index is 12.5. The number of nitrogens with zero attached hydrogens (tertiary/aromatic N) is 5. The zero-order chi connectivity index (χ0) is 21.4. The van der Waals surface area contributed by atoms with Crippen molar-refractivity contribution in [2.24, 2.45) is 0 Å². The molecule has 1 saturated heterocycles. The van der Waals surface area contributed by atoms with Crippen molar-refractivity contribution in [1.29, 1.82) is 0 Å². The third-order valence-corrected chi connectivity index (χ3v) is 5.75. The average Bonchev–Trinajstić information content (AvgIpc) is 3.11. The standard InChI is InChI=1S/C23H24N6O2/c1-27-10-12-28(13-11-27)15-16-2-4-17(5-3-16)20-14-24-21-22(25-20)29(23(31)26-21)18-6-8-19(30)9-7-18/h2-9,14,30H,10-13,15H2,1H3,(H,24,26,31). The van der Waals surface area contributed by atoms with Crippen LogP contribution in [0.3, 0.4) is 0 Å². The molecule has 0 unspecified atom stereocenters. The van der Waals surface area contributed by atoms with Crippen LogP contribution in [0.4, 0.5) is 0 Å². The molecule has 0 spiro atoms. The van der Waals surface area contributed by atoms with Gasteiger partial charge in [0, 0.05) is 38.3 Å². The largest absolute Gasteiger partial charge is 0.508 e. The van der Waals surface area contributed by atoms with Crippen LogP contribution in [0.5, 0.6) is 5.75 Å². The fraction of sp³-hybridized carbons (Fsp3) is 0.261. The molecule has 5 rings (SSSR count). The fourth-order valence-corrected chi connectivity index (χ4v) is 3.90. The van der Waals surface area contributed by atoms with Gasteiger partial charge in [-0.1, -0.05) is 24.3 Å². The Hall–Kier alpha value is -3.49. The number of aromatic amines is 1. The van der Waals surface area contributed by atoms with E-state index < -0.39 is 0 Å². The molecule has 8 heteroatoms. The number of aromatic nitrogens is 4. The second-order valence-electron chi connectivity index (χ2n) is 7.99. The van der Waals surface area contributed by atoms with Gasteiger partial charge >= 0.3 is 5.69 Å². The summed E-state index contributed by atoms with van der Waals surface area (Å²) in [6.07, 6.45) is 1.68. The van der Waals surface area contributed by atoms with E-state index in [-0.39, 0.29) is 11.4 Å². The number of hydrogen-bond donors (Lipinski definition) is 2. The lowest BCUT2D eigenvalue weighted by Crippen LogP contribution is -2.43. The number of likely N-dealkylation sites (N-methyl/N-ethyl adjacent to an activating group) is 1. The summed E-state index contributed by atoms with van der Waals surface area (Å²) in [5.74, 6) is 0.139. The van der Waals surface area contributed by atoms with Gasteiger partial charge < -0.3 is 10.0 Å². The summed E-state index contributed by atoms with van der Waals surface area (Å²) in [6, 6.07) is 14.8. The minimum Gasteiger partial charge on any atom is -0.508 e. The van der Waals surface area contributed by atoms with E-state index in [1.807, 2.05) is 0 Å². The number of phenolic OH excluding ortho intramolecular Hbond substituents is 1. The molecule has 1 fully saturated rings. The first-order valence-corrected chi connectivity index (χ1v) is 10.3. The van der Waals surface area contributed by atoms with Crippen LogP contribution in [0.25, 0.3) is 28.2 Å². The molecular formula is C23H24N6O2. The number of rotatable bonds is 4. The predicted octanol–water partition coefficient (Wildman–Crippen LogP) is 2.23. The Kier molecular flexibility index (Phi) is 5.01. The van der Waals surface area contributed by atoms with Crippen LogP contribution in [0.15, 0.2) is 59.5 Å². The zero-order valence-electron chi connectivity index (χ0n) is 17.3. The van der Waals surface area contributed by atoms with Gasteiger partial charge in [-0.15, -0.1) is 0 Å². The number of hydrogen-bond acceptors (Lipinski definition) is 6. The van der Waals surface area contributed by atoms with Crippen LogP contribution in [0.2, 0.25) is 0 Å². The number of H-pyrrole nitrogens is 1. The lowest BCUT2D eigenvalue weighted by molar-refractivity contribution is 0.148. The topological polar surface area (TPSA) is 90.3 Å². The summed E-state index contributed by atoms with van der Waals surface area (Å²) < 4.78 is 1.47. The Morgan fingerprint density at radius 1 is 1.00 bits per heavy atom. The SMILES string of the molecule is CN1CCN(Cc2ccc(-c3cnc4[nH]c(=O)n(-c5ccc(O)cc5)c4n3)cc2)CC1. The molecule has 0 saturated carbocycles. The minimum atomic E-state index is -0.319. The van der Waals surface area contributed by atoms with Gasteiger partial charge in [-0.05, 0) is 36.9 Å². The Bertz CT molecular complexity index is 1250. The first-order chi connectivity index (χ1) is 15.1. The van der Waals surface area contributed by atoms with Crippen LogP contribution in [-0.4, -0.2) is 67.7 Å². The summed E-state index contributed by atoms with van der Waals surface area (Å²) in [4.78, 5) is 29.2. The number of nitrogens with one attached hydrogen (secondary N) is 1. The first-order valence-electron chi connectivity index (χ1n) is 10.3. The molecule has 0 atom stereocenters. The van der Waals surface area contributed by atoms with Gasteiger partial charge in [0.2, 0.25) is 0 Å². The van der Waals surface area contributed by atoms with Gasteiger partial charge in [0.15, 0.2) is 11.3 Å². The van der Waals surface area contributed by atoms with Gasteiger partial charge in [-0.25, -0.2) is 19.3 Å². The molecule has 0 aliphatic carbocycles. The molecule has 2 N–H and O–H groups in total. The molecule has 158 valence electrons. The zero-order valence-corrected chi connectivity index (χ0v) is 17.3. The summed E-state index contributed by atoms with van der Waals surface area (Å²) in [7, 11) is 2.16. The number of benzene rings is 2. The van der Waals surface area contributed by atoms with Gasteiger partial charge in [0.05, 0.1) is 17.6 Å². The van der Waals surface area contributed by atoms with Crippen LogP contribution in [0.1, 0.15) is 5.56 Å². The van der Waals surface area contributed by atoms with Crippen molar-refractivity contribution in [3.8, 4) is 22.7 Å². The van der Waals surface area contributed by atoms with Gasteiger partial charge in [-0.3, -0.25) is 9.88 Å². The minimum absolute atomic E-state index is 0.139. The summed E-state index contributed by atoms with van der Waals surface area (Å²) in [5, 5.41) is 9.54. The second-order valence-corrected chi connectivity index (χ2v) is 7.99. The average molecular weight is 416 g/mol. The van der Waals surface area contributed by atoms with E-state index in [0.29, 0.717) is 22.7 Å². The monoisotopic (exact) mass is 416 g/mol. The third-order valence-electron chi connectivity index (χ3n) is 5.75. The van der Waals surface area contributed by atoms with Crippen molar-refractivity contribution in [2.75, 3.05) is 33.2 Å². The van der Waals surface area contributed by atoms with E-state index in [4.69, 9.17) is 4.98 Å². The molecule has 31 heavy (non-hydrogen) atoms. The van der Waals surface area contributed by atoms with Crippen LogP contribution in [0, 0.1) is 0 Å². The normalized spacial score (nSPS) is 15.5. The van der Waals surface area contributed by atoms with Crippen LogP contribution >= 0.6 is 0 Å². The third kappa shape index (κ3) is 3.95. The summed E-state index contributed by atoms with van der Waals surface area (Å²) in [6.45, 7) is 5.32. The molecule has 0 amide bonds. The van der Waals surface area contributed by atoms with Crippen molar-refractivity contribution in [3.05, 3.63) is 70.8 Å². The fourth-order valence-electron chi connectivity index (χ4n) is 3.90. The Morgan fingerprint density at radius 2 is 1.71 bits per heavy atom. The number of aromatic hydroxyl groups is 1. The Morgan fingerprint density at radius 3 is 2.42 bits per heavy atom. The van der Waals surface area contributed by atoms with Crippen molar-refractivity contribution in [1.82, 2.24) is 29.3 Å². The van der Waals surface area contributed by atoms with E-state index in [9.17, 15) is 9.90 Å². The van der Waals surface area contributed by atoms with E-state index >= 15 is 0 Å². The van der Waals surface area contributed by atoms with Gasteiger partial charge in [0.1, 0.15) is 5.75 Å². The Balaban J connectivity index is 1.43. The van der Waals surface area contributed by atoms with E-state index in [1.165, 1.54) is 22.3 Å². The first kappa shape index (κ1) is 19.5. The molecule has 1 aliphatic rings. The highest BCUT2D eigenvalue weighted by Crippen LogP contribution is 2.21. The van der Waals surface area contributed by atoms with Crippen molar-refractivity contribution in [2.45, 2.75) is 6.54 Å². The molecule has 4 aromatic rings. The van der Waals surface area contributed by atoms with Crippen molar-refractivity contribution in [3.63, 3.8) is 0 Å². The quantitative estimate of drug-likeness (QED) is 0.530. The number of fused-ring (bicyclic) bond motifs is 1. The lowest BCUT2D eigenvalue weighted by atomic mass is 10.1. The van der Waals surface area contributed by atoms with E-state index in [0.717, 1.165) is 38.3 Å². The molecule has 0 bridgehead atoms. The summed E-state index contributed by atoms with van der Waals surface area (Å²) in [5.41, 5.74) is 4.09. The molecule has 3 heterocycles. The maximum Gasteiger partial charge on any atom is 0.333 e. The van der Waals surface area contributed by atoms with Crippen molar-refractivity contribution < 1.29 is 5.11 Å². The molecule has 1 aliphatic heterocycles. The van der Waals surface area contributed by atoms with Crippen LogP contribution < -0.4 is 5.69 Å². The van der Waals surface area contributed by atoms with E-state index in [2.05, 4.69) is 51.1 Å². The number of piperazine rings is 1. The molecule has 8 nitrogen and oxygen atoms in total. The van der Waals surface area contributed by atoms with E-state index in [1.54, 1.807) is 18.3 Å². The highest BCUT2D eigenvalue weighted by Gasteiger charge is 2.15. The lowest BCUT2D eigenvalue weighted by Gasteiger charge is -2.32. The molecule has 0 radical (unpaired) electrons. The van der Waals surface area contributed by atoms with Gasteiger partial charge in [-0.2, -0.15) is 0 Å². The smallest absolute Gasteiger partial charge is 0.333 e. The summed E-state index contributed by atoms with van der Waals surface area (Å²) >= 11 is 0. The molecule has 2 aromatic heterocycles. The Labute approximate surface area is 179 Å². The van der Waals surface area contributed by atoms with Crippen molar-refractivity contribution >= 4 is 11.3 Å². The van der Waals surface area contributed by atoms with Gasteiger partial charge in [0.25, 0.3) is 0 Å². The number of phenols is 1.